The molecule has 1 aliphatic carbocycles. The lowest BCUT2D eigenvalue weighted by Gasteiger charge is -2.30. The Hall–Kier alpha value is -1.88. The van der Waals surface area contributed by atoms with Crippen LogP contribution >= 0.6 is 0 Å². The largest absolute Gasteiger partial charge is 0.481 e. The smallest absolute Gasteiger partial charge is 0.307 e. The molecule has 0 bridgehead atoms. The van der Waals surface area contributed by atoms with Gasteiger partial charge in [0.15, 0.2) is 0 Å². The van der Waals surface area contributed by atoms with E-state index in [2.05, 4.69) is 34.3 Å². The molecule has 0 spiro atoms. The molecular formula is C20H28N2O3. The average Bonchev–Trinajstić information content (AvgIpc) is 3.12. The molecule has 2 aliphatic rings. The number of carboxylic acids is 1. The predicted octanol–water partition coefficient (Wildman–Crippen LogP) is 3.30. The molecule has 1 saturated carbocycles. The summed E-state index contributed by atoms with van der Waals surface area (Å²) >= 11 is 0. The number of carboxylic acid groups (broad SMARTS) is 1. The number of rotatable bonds is 7. The van der Waals surface area contributed by atoms with E-state index < -0.39 is 5.97 Å². The summed E-state index contributed by atoms with van der Waals surface area (Å²) in [4.78, 5) is 18.8. The quantitative estimate of drug-likeness (QED) is 0.468. The van der Waals surface area contributed by atoms with E-state index in [1.54, 1.807) is 0 Å². The van der Waals surface area contributed by atoms with Crippen molar-refractivity contribution >= 4 is 12.2 Å². The third-order valence-electron chi connectivity index (χ3n) is 5.57. The van der Waals surface area contributed by atoms with Crippen LogP contribution in [0.2, 0.25) is 0 Å². The van der Waals surface area contributed by atoms with Crippen molar-refractivity contribution in [2.24, 2.45) is 11.1 Å². The molecular weight excluding hydrogens is 316 g/mol. The van der Waals surface area contributed by atoms with Crippen LogP contribution in [-0.2, 0) is 15.0 Å². The number of carbonyl (C=O) groups is 1. The molecule has 1 aromatic rings. The maximum Gasteiger partial charge on any atom is 0.307 e. The highest BCUT2D eigenvalue weighted by Crippen LogP contribution is 2.39. The second-order valence-electron chi connectivity index (χ2n) is 7.28. The molecule has 1 aromatic carbocycles. The molecule has 1 N–H and O–H groups in total. The van der Waals surface area contributed by atoms with Crippen molar-refractivity contribution in [2.45, 2.75) is 43.9 Å². The third-order valence-corrected chi connectivity index (χ3v) is 5.57. The lowest BCUT2D eigenvalue weighted by atomic mass is 9.80. The van der Waals surface area contributed by atoms with Gasteiger partial charge in [-0.1, -0.05) is 48.3 Å². The summed E-state index contributed by atoms with van der Waals surface area (Å²) in [7, 11) is 0. The van der Waals surface area contributed by atoms with Crippen LogP contribution in [0.5, 0.6) is 0 Å². The summed E-state index contributed by atoms with van der Waals surface area (Å²) in [6, 6.07) is 10.6. The zero-order chi connectivity index (χ0) is 17.5. The fraction of sp³-hybridized carbons (Fsp3) is 0.600. The van der Waals surface area contributed by atoms with Gasteiger partial charge in [0.25, 0.3) is 0 Å². The molecule has 5 nitrogen and oxygen atoms in total. The van der Waals surface area contributed by atoms with Gasteiger partial charge in [0.1, 0.15) is 6.61 Å². The van der Waals surface area contributed by atoms with Crippen molar-refractivity contribution in [1.82, 2.24) is 4.90 Å². The molecule has 136 valence electrons. The van der Waals surface area contributed by atoms with Crippen LogP contribution < -0.4 is 0 Å². The minimum atomic E-state index is -0.685. The van der Waals surface area contributed by atoms with Crippen molar-refractivity contribution < 1.29 is 14.7 Å². The Morgan fingerprint density at radius 3 is 2.76 bits per heavy atom. The number of hydrogen-bond donors (Lipinski definition) is 1. The predicted molar refractivity (Wildman–Crippen MR) is 97.8 cm³/mol. The summed E-state index contributed by atoms with van der Waals surface area (Å²) < 4.78 is 0. The number of nitrogens with zero attached hydrogens (tertiary/aromatic N) is 2. The van der Waals surface area contributed by atoms with E-state index in [4.69, 9.17) is 9.94 Å². The van der Waals surface area contributed by atoms with Crippen LogP contribution in [0.1, 0.15) is 44.1 Å². The Balaban J connectivity index is 1.48. The summed E-state index contributed by atoms with van der Waals surface area (Å²) in [5, 5.41) is 13.4. The maximum absolute atomic E-state index is 11.1. The van der Waals surface area contributed by atoms with Gasteiger partial charge in [-0.3, -0.25) is 9.69 Å². The van der Waals surface area contributed by atoms with E-state index in [9.17, 15) is 4.79 Å². The van der Waals surface area contributed by atoms with E-state index in [1.807, 2.05) is 12.3 Å². The zero-order valence-electron chi connectivity index (χ0n) is 14.8. The molecule has 25 heavy (non-hydrogen) atoms. The Morgan fingerprint density at radius 1 is 1.28 bits per heavy atom. The van der Waals surface area contributed by atoms with Gasteiger partial charge in [-0.25, -0.2) is 0 Å². The van der Waals surface area contributed by atoms with Crippen LogP contribution in [0.4, 0.5) is 0 Å². The van der Waals surface area contributed by atoms with E-state index >= 15 is 0 Å². The lowest BCUT2D eigenvalue weighted by molar-refractivity contribution is -0.143. The van der Waals surface area contributed by atoms with E-state index in [0.717, 1.165) is 38.8 Å². The molecule has 0 radical (unpaired) electrons. The number of piperidine rings is 1. The normalized spacial score (nSPS) is 23.8. The van der Waals surface area contributed by atoms with Crippen molar-refractivity contribution in [3.05, 3.63) is 35.9 Å². The minimum Gasteiger partial charge on any atom is -0.481 e. The summed E-state index contributed by atoms with van der Waals surface area (Å²) in [6.45, 7) is 2.81. The number of benzene rings is 1. The molecule has 2 fully saturated rings. The first kappa shape index (κ1) is 17.9. The Bertz CT molecular complexity index is 582. The van der Waals surface area contributed by atoms with Crippen molar-refractivity contribution in [2.75, 3.05) is 26.2 Å². The van der Waals surface area contributed by atoms with Crippen LogP contribution in [0.25, 0.3) is 0 Å². The highest BCUT2D eigenvalue weighted by Gasteiger charge is 2.34. The molecule has 1 atom stereocenters. The monoisotopic (exact) mass is 344 g/mol. The SMILES string of the molecule is O=C(O)C1CCCN(CCON=CC2(c3ccccc3)CCCC2)C1. The highest BCUT2D eigenvalue weighted by molar-refractivity contribution is 5.73. The molecule has 0 amide bonds. The van der Waals surface area contributed by atoms with Crippen LogP contribution in [0, 0.1) is 5.92 Å². The molecule has 5 heteroatoms. The van der Waals surface area contributed by atoms with Gasteiger partial charge in [-0.2, -0.15) is 0 Å². The first-order chi connectivity index (χ1) is 12.2. The Kier molecular flexibility index (Phi) is 6.08. The van der Waals surface area contributed by atoms with Gasteiger partial charge in [0.2, 0.25) is 0 Å². The number of likely N-dealkylation sites (tertiary alicyclic amines) is 1. The summed E-state index contributed by atoms with van der Waals surface area (Å²) in [6.07, 6.45) is 8.41. The average molecular weight is 344 g/mol. The number of hydrogen-bond acceptors (Lipinski definition) is 4. The molecule has 0 aromatic heterocycles. The van der Waals surface area contributed by atoms with Gasteiger partial charge in [0.05, 0.1) is 12.1 Å². The second-order valence-corrected chi connectivity index (χ2v) is 7.28. The van der Waals surface area contributed by atoms with Crippen molar-refractivity contribution in [3.8, 4) is 0 Å². The molecule has 1 saturated heterocycles. The third kappa shape index (κ3) is 4.60. The van der Waals surface area contributed by atoms with Gasteiger partial charge < -0.3 is 9.94 Å². The van der Waals surface area contributed by atoms with E-state index in [1.165, 1.54) is 18.4 Å². The van der Waals surface area contributed by atoms with Gasteiger partial charge >= 0.3 is 5.97 Å². The van der Waals surface area contributed by atoms with Gasteiger partial charge in [-0.15, -0.1) is 0 Å². The fourth-order valence-electron chi connectivity index (χ4n) is 4.09. The standard InChI is InChI=1S/C20H28N2O3/c23-19(24)17-7-6-12-22(15-17)13-14-25-21-16-20(10-4-5-11-20)18-8-2-1-3-9-18/h1-3,8-9,16-17H,4-7,10-15H2,(H,23,24). The summed E-state index contributed by atoms with van der Waals surface area (Å²) in [5.41, 5.74) is 1.33. The highest BCUT2D eigenvalue weighted by atomic mass is 16.6. The number of oxime groups is 1. The minimum absolute atomic E-state index is 0.0147. The fourth-order valence-corrected chi connectivity index (χ4v) is 4.09. The number of aliphatic carboxylic acids is 1. The molecule has 1 unspecified atom stereocenters. The lowest BCUT2D eigenvalue weighted by Crippen LogP contribution is -2.40. The topological polar surface area (TPSA) is 62.1 Å². The molecule has 1 heterocycles. The van der Waals surface area contributed by atoms with Crippen LogP contribution in [0.15, 0.2) is 35.5 Å². The maximum atomic E-state index is 11.1. The zero-order valence-corrected chi connectivity index (χ0v) is 14.8. The molecule has 1 aliphatic heterocycles. The first-order valence-electron chi connectivity index (χ1n) is 9.37. The summed E-state index contributed by atoms with van der Waals surface area (Å²) in [5.74, 6) is -0.924. The molecule has 3 rings (SSSR count). The first-order valence-corrected chi connectivity index (χ1v) is 9.37. The Labute approximate surface area is 149 Å². The van der Waals surface area contributed by atoms with Crippen molar-refractivity contribution in [3.63, 3.8) is 0 Å². The second kappa shape index (κ2) is 8.48. The van der Waals surface area contributed by atoms with E-state index in [-0.39, 0.29) is 11.3 Å². The van der Waals surface area contributed by atoms with Crippen LogP contribution in [-0.4, -0.2) is 48.4 Å². The van der Waals surface area contributed by atoms with Crippen LogP contribution in [0.3, 0.4) is 0 Å². The van der Waals surface area contributed by atoms with Gasteiger partial charge in [-0.05, 0) is 37.8 Å². The Morgan fingerprint density at radius 2 is 2.04 bits per heavy atom. The van der Waals surface area contributed by atoms with Gasteiger partial charge in [0, 0.05) is 18.5 Å². The van der Waals surface area contributed by atoms with Crippen molar-refractivity contribution in [1.29, 1.82) is 0 Å². The van der Waals surface area contributed by atoms with E-state index in [0.29, 0.717) is 13.2 Å².